The zero-order valence-electron chi connectivity index (χ0n) is 17.8. The van der Waals surface area contributed by atoms with Crippen molar-refractivity contribution >= 4 is 30.4 Å². The lowest BCUT2D eigenvalue weighted by Crippen LogP contribution is -2.50. The molecular formula is C21H33N3O4S. The topological polar surface area (TPSA) is 96.5 Å². The Morgan fingerprint density at radius 3 is 2.14 bits per heavy atom. The molecule has 0 aromatic heterocycles. The molecule has 0 bridgehead atoms. The molecule has 0 unspecified atom stereocenters. The fourth-order valence-electron chi connectivity index (χ4n) is 3.04. The molecule has 29 heavy (non-hydrogen) atoms. The fraction of sp³-hybridized carbons (Fsp3) is 0.571. The quantitative estimate of drug-likeness (QED) is 0.406. The first kappa shape index (κ1) is 24.8. The molecule has 1 aromatic carbocycles. The Kier molecular flexibility index (Phi) is 10.6. The van der Waals surface area contributed by atoms with E-state index in [-0.39, 0.29) is 30.1 Å². The maximum atomic E-state index is 13.0. The van der Waals surface area contributed by atoms with Crippen LogP contribution in [-0.4, -0.2) is 50.2 Å². The number of rotatable bonds is 11. The van der Waals surface area contributed by atoms with Crippen LogP contribution in [0.25, 0.3) is 0 Å². The summed E-state index contributed by atoms with van der Waals surface area (Å²) in [6.07, 6.45) is 1.05. The third-order valence-electron chi connectivity index (χ3n) is 4.68. The van der Waals surface area contributed by atoms with Crippen molar-refractivity contribution in [3.05, 3.63) is 29.8 Å². The number of methoxy groups -OCH3 is 1. The van der Waals surface area contributed by atoms with E-state index in [9.17, 15) is 14.4 Å². The van der Waals surface area contributed by atoms with Gasteiger partial charge in [-0.3, -0.25) is 14.4 Å². The molecular weight excluding hydrogens is 390 g/mol. The summed E-state index contributed by atoms with van der Waals surface area (Å²) in [7, 11) is 4.68. The van der Waals surface area contributed by atoms with Crippen LogP contribution >= 0.6 is 12.6 Å². The van der Waals surface area contributed by atoms with Crippen molar-refractivity contribution in [2.45, 2.75) is 44.4 Å². The molecule has 7 nitrogen and oxygen atoms in total. The van der Waals surface area contributed by atoms with Gasteiger partial charge in [-0.25, -0.2) is 0 Å². The summed E-state index contributed by atoms with van der Waals surface area (Å²) in [5.41, 5.74) is 0.896. The normalized spacial score (nSPS) is 13.9. The lowest BCUT2D eigenvalue weighted by Gasteiger charge is -2.26. The molecule has 3 amide bonds. The second-order valence-corrected chi connectivity index (χ2v) is 8.07. The number of benzene rings is 1. The van der Waals surface area contributed by atoms with Gasteiger partial charge in [0.1, 0.15) is 11.8 Å². The third kappa shape index (κ3) is 8.35. The first-order valence-electron chi connectivity index (χ1n) is 9.75. The van der Waals surface area contributed by atoms with E-state index in [1.54, 1.807) is 14.2 Å². The van der Waals surface area contributed by atoms with Gasteiger partial charge in [-0.1, -0.05) is 26.0 Å². The van der Waals surface area contributed by atoms with E-state index in [0.29, 0.717) is 12.8 Å². The standard InChI is InChI=1S/C21H33N3O4S/c1-13(2)10-16(18(29)12-19(25)22-3)20(26)24-17(21(27)23-4)11-14-6-8-15(28-5)9-7-14/h6-9,13,16-18,29H,10-12H2,1-5H3,(H,22,25)(H,23,27)(H,24,26)/t16-,17+,18+/m1/s1. The van der Waals surface area contributed by atoms with Gasteiger partial charge in [0.25, 0.3) is 0 Å². The maximum absolute atomic E-state index is 13.0. The lowest BCUT2D eigenvalue weighted by atomic mass is 9.90. The fourth-order valence-corrected chi connectivity index (χ4v) is 3.46. The van der Waals surface area contributed by atoms with Gasteiger partial charge in [0.05, 0.1) is 13.0 Å². The van der Waals surface area contributed by atoms with Crippen LogP contribution in [0, 0.1) is 11.8 Å². The van der Waals surface area contributed by atoms with E-state index in [1.807, 2.05) is 38.1 Å². The number of thiol groups is 1. The highest BCUT2D eigenvalue weighted by Crippen LogP contribution is 2.23. The molecule has 0 aliphatic heterocycles. The van der Waals surface area contributed by atoms with Crippen molar-refractivity contribution in [3.63, 3.8) is 0 Å². The molecule has 3 atom stereocenters. The molecule has 0 saturated carbocycles. The Labute approximate surface area is 178 Å². The Bertz CT molecular complexity index is 679. The van der Waals surface area contributed by atoms with Crippen LogP contribution in [0.4, 0.5) is 0 Å². The van der Waals surface area contributed by atoms with Crippen molar-refractivity contribution in [2.24, 2.45) is 11.8 Å². The smallest absolute Gasteiger partial charge is 0.242 e. The van der Waals surface area contributed by atoms with Crippen molar-refractivity contribution in [1.82, 2.24) is 16.0 Å². The minimum absolute atomic E-state index is 0.132. The van der Waals surface area contributed by atoms with Crippen LogP contribution in [0.3, 0.4) is 0 Å². The van der Waals surface area contributed by atoms with Crippen LogP contribution in [0.1, 0.15) is 32.3 Å². The third-order valence-corrected chi connectivity index (χ3v) is 5.22. The molecule has 8 heteroatoms. The highest BCUT2D eigenvalue weighted by Gasteiger charge is 2.31. The molecule has 0 aliphatic rings. The highest BCUT2D eigenvalue weighted by atomic mass is 32.1. The summed E-state index contributed by atoms with van der Waals surface area (Å²) < 4.78 is 5.15. The Morgan fingerprint density at radius 2 is 1.66 bits per heavy atom. The SMILES string of the molecule is CNC(=O)C[C@H](S)[C@@H](CC(C)C)C(=O)N[C@@H](Cc1ccc(OC)cc1)C(=O)NC. The summed E-state index contributed by atoms with van der Waals surface area (Å²) in [5, 5.41) is 7.58. The van der Waals surface area contributed by atoms with Crippen LogP contribution < -0.4 is 20.7 Å². The van der Waals surface area contributed by atoms with Gasteiger partial charge in [0.15, 0.2) is 0 Å². The molecule has 3 N–H and O–H groups in total. The predicted octanol–water partition coefficient (Wildman–Crippen LogP) is 1.57. The predicted molar refractivity (Wildman–Crippen MR) is 117 cm³/mol. The van der Waals surface area contributed by atoms with Gasteiger partial charge in [0, 0.05) is 32.2 Å². The molecule has 0 heterocycles. The van der Waals surface area contributed by atoms with Gasteiger partial charge in [-0.05, 0) is 30.0 Å². The first-order valence-corrected chi connectivity index (χ1v) is 10.3. The number of ether oxygens (including phenoxy) is 1. The number of likely N-dealkylation sites (N-methyl/N-ethyl adjacent to an activating group) is 1. The Balaban J connectivity index is 2.95. The number of nitrogens with one attached hydrogen (secondary N) is 3. The van der Waals surface area contributed by atoms with Crippen LogP contribution in [0.5, 0.6) is 5.75 Å². The van der Waals surface area contributed by atoms with Crippen LogP contribution in [0.2, 0.25) is 0 Å². The summed E-state index contributed by atoms with van der Waals surface area (Å²) >= 11 is 4.51. The van der Waals surface area contributed by atoms with Gasteiger partial charge >= 0.3 is 0 Å². The molecule has 0 spiro atoms. The number of carbonyl (C=O) groups is 3. The minimum Gasteiger partial charge on any atom is -0.497 e. The van der Waals surface area contributed by atoms with E-state index in [0.717, 1.165) is 11.3 Å². The van der Waals surface area contributed by atoms with E-state index in [1.165, 1.54) is 7.05 Å². The second-order valence-electron chi connectivity index (χ2n) is 7.41. The van der Waals surface area contributed by atoms with E-state index in [4.69, 9.17) is 4.74 Å². The van der Waals surface area contributed by atoms with Crippen LogP contribution in [0.15, 0.2) is 24.3 Å². The number of amides is 3. The Hall–Kier alpha value is -2.22. The van der Waals surface area contributed by atoms with Crippen molar-refractivity contribution in [2.75, 3.05) is 21.2 Å². The molecule has 1 aromatic rings. The molecule has 0 saturated heterocycles. The largest absolute Gasteiger partial charge is 0.497 e. The number of carbonyl (C=O) groups excluding carboxylic acids is 3. The minimum atomic E-state index is -0.726. The van der Waals surface area contributed by atoms with E-state index in [2.05, 4.69) is 28.6 Å². The van der Waals surface area contributed by atoms with E-state index < -0.39 is 17.2 Å². The van der Waals surface area contributed by atoms with Crippen LogP contribution in [-0.2, 0) is 20.8 Å². The van der Waals surface area contributed by atoms with Crippen molar-refractivity contribution in [1.29, 1.82) is 0 Å². The molecule has 1 rings (SSSR count). The number of hydrogen-bond acceptors (Lipinski definition) is 5. The summed E-state index contributed by atoms with van der Waals surface area (Å²) in [6.45, 7) is 4.02. The average Bonchev–Trinajstić information content (AvgIpc) is 2.70. The average molecular weight is 424 g/mol. The zero-order chi connectivity index (χ0) is 22.0. The zero-order valence-corrected chi connectivity index (χ0v) is 18.7. The number of hydrogen-bond donors (Lipinski definition) is 4. The van der Waals surface area contributed by atoms with Gasteiger partial charge in [0.2, 0.25) is 17.7 Å². The molecule has 0 fully saturated rings. The second kappa shape index (κ2) is 12.4. The van der Waals surface area contributed by atoms with Gasteiger partial charge < -0.3 is 20.7 Å². The van der Waals surface area contributed by atoms with Crippen molar-refractivity contribution in [3.8, 4) is 5.75 Å². The summed E-state index contributed by atoms with van der Waals surface area (Å²) in [6, 6.07) is 6.62. The summed E-state index contributed by atoms with van der Waals surface area (Å²) in [4.78, 5) is 37.1. The molecule has 0 radical (unpaired) electrons. The van der Waals surface area contributed by atoms with Gasteiger partial charge in [-0.15, -0.1) is 0 Å². The van der Waals surface area contributed by atoms with Crippen molar-refractivity contribution < 1.29 is 19.1 Å². The first-order chi connectivity index (χ1) is 13.7. The summed E-state index contributed by atoms with van der Waals surface area (Å²) in [5.74, 6) is -0.251. The van der Waals surface area contributed by atoms with Gasteiger partial charge in [-0.2, -0.15) is 12.6 Å². The van der Waals surface area contributed by atoms with E-state index >= 15 is 0 Å². The molecule has 0 aliphatic carbocycles. The Morgan fingerprint density at radius 1 is 1.03 bits per heavy atom. The lowest BCUT2D eigenvalue weighted by molar-refractivity contribution is -0.131. The monoisotopic (exact) mass is 423 g/mol. The maximum Gasteiger partial charge on any atom is 0.242 e. The molecule has 162 valence electrons. The highest BCUT2D eigenvalue weighted by molar-refractivity contribution is 7.81.